The summed E-state index contributed by atoms with van der Waals surface area (Å²) in [4.78, 5) is 19.5. The molecule has 0 spiro atoms. The van der Waals surface area contributed by atoms with E-state index in [2.05, 4.69) is 15.2 Å². The van der Waals surface area contributed by atoms with Gasteiger partial charge in [-0.15, -0.1) is 11.3 Å². The number of sulfonamides is 1. The number of hydrogen-bond acceptors (Lipinski definition) is 6. The van der Waals surface area contributed by atoms with Gasteiger partial charge in [-0.2, -0.15) is 9.40 Å². The third kappa shape index (κ3) is 3.60. The second kappa shape index (κ2) is 7.49. The van der Waals surface area contributed by atoms with Crippen molar-refractivity contribution in [2.45, 2.75) is 11.4 Å². The van der Waals surface area contributed by atoms with Crippen molar-refractivity contribution in [1.82, 2.24) is 29.0 Å². The number of thiophene rings is 1. The van der Waals surface area contributed by atoms with Crippen molar-refractivity contribution in [1.29, 1.82) is 0 Å². The number of hydrogen-bond donors (Lipinski definition) is 1. The van der Waals surface area contributed by atoms with Crippen LogP contribution in [-0.4, -0.2) is 69.5 Å². The summed E-state index contributed by atoms with van der Waals surface area (Å²) in [5.74, 6) is -0.198. The van der Waals surface area contributed by atoms with Crippen LogP contribution in [0.25, 0.3) is 10.6 Å². The summed E-state index contributed by atoms with van der Waals surface area (Å²) in [6, 6.07) is 5.63. The Bertz CT molecular complexity index is 1070. The largest absolute Gasteiger partial charge is 0.339 e. The fourth-order valence-corrected chi connectivity index (χ4v) is 5.27. The first-order chi connectivity index (χ1) is 13.4. The number of amides is 1. The number of imidazole rings is 1. The molecule has 0 saturated carbocycles. The van der Waals surface area contributed by atoms with Gasteiger partial charge < -0.3 is 9.47 Å². The molecular formula is C17H20N6O3S2. The monoisotopic (exact) mass is 420 g/mol. The summed E-state index contributed by atoms with van der Waals surface area (Å²) in [5.41, 5.74) is 1.14. The van der Waals surface area contributed by atoms with E-state index in [-0.39, 0.29) is 17.5 Å². The predicted octanol–water partition coefficient (Wildman–Crippen LogP) is 1.41. The Hall–Kier alpha value is -2.50. The number of carbonyl (C=O) groups excluding carboxylic acids is 1. The van der Waals surface area contributed by atoms with Crippen LogP contribution in [0.15, 0.2) is 41.1 Å². The van der Waals surface area contributed by atoms with Gasteiger partial charge in [0, 0.05) is 39.4 Å². The van der Waals surface area contributed by atoms with Gasteiger partial charge in [-0.05, 0) is 23.9 Å². The average Bonchev–Trinajstić information content (AvgIpc) is 3.40. The van der Waals surface area contributed by atoms with Crippen LogP contribution in [0.2, 0.25) is 0 Å². The molecule has 1 amide bonds. The van der Waals surface area contributed by atoms with Crippen molar-refractivity contribution < 1.29 is 13.2 Å². The molecule has 1 aliphatic heterocycles. The fourth-order valence-electron chi connectivity index (χ4n) is 3.14. The Balaban J connectivity index is 1.46. The van der Waals surface area contributed by atoms with Crippen molar-refractivity contribution in [3.63, 3.8) is 0 Å². The van der Waals surface area contributed by atoms with Crippen LogP contribution < -0.4 is 0 Å². The lowest BCUT2D eigenvalue weighted by molar-refractivity contribution is 0.0758. The van der Waals surface area contributed by atoms with Crippen molar-refractivity contribution in [3.8, 4) is 10.6 Å². The Morgan fingerprint density at radius 3 is 2.82 bits per heavy atom. The third-order valence-corrected chi connectivity index (χ3v) is 7.30. The van der Waals surface area contributed by atoms with Gasteiger partial charge in [0.05, 0.1) is 16.9 Å². The second-order valence-corrected chi connectivity index (χ2v) is 9.40. The summed E-state index contributed by atoms with van der Waals surface area (Å²) in [6.45, 7) is 1.37. The number of carbonyl (C=O) groups is 1. The Morgan fingerprint density at radius 1 is 1.25 bits per heavy atom. The molecule has 0 unspecified atom stereocenters. The summed E-state index contributed by atoms with van der Waals surface area (Å²) in [6.07, 6.45) is 3.50. The lowest BCUT2D eigenvalue weighted by Gasteiger charge is -2.20. The highest BCUT2D eigenvalue weighted by Crippen LogP contribution is 2.23. The molecular weight excluding hydrogens is 400 g/mol. The molecule has 1 N–H and O–H groups in total. The molecule has 0 bridgehead atoms. The highest BCUT2D eigenvalue weighted by atomic mass is 32.2. The zero-order chi connectivity index (χ0) is 19.7. The van der Waals surface area contributed by atoms with E-state index >= 15 is 0 Å². The number of nitrogens with zero attached hydrogens (tertiary/aromatic N) is 5. The van der Waals surface area contributed by atoms with E-state index in [0.717, 1.165) is 10.6 Å². The molecule has 28 heavy (non-hydrogen) atoms. The molecule has 0 aromatic carbocycles. The van der Waals surface area contributed by atoms with Gasteiger partial charge in [0.2, 0.25) is 0 Å². The van der Waals surface area contributed by atoms with Crippen LogP contribution in [0.5, 0.6) is 0 Å². The quantitative estimate of drug-likeness (QED) is 0.687. The maximum absolute atomic E-state index is 12.8. The van der Waals surface area contributed by atoms with Gasteiger partial charge in [-0.3, -0.25) is 9.89 Å². The standard InChI is InChI=1S/C17H20N6O3S2/c1-21-11-16(18-12-21)28(25,26)23-6-3-5-22(7-8-23)17(24)14-10-13(19-20-14)15-4-2-9-27-15/h2,4,9-12H,3,5-8H2,1H3,(H,19,20). The van der Waals surface area contributed by atoms with Crippen LogP contribution in [0.4, 0.5) is 0 Å². The van der Waals surface area contributed by atoms with E-state index in [9.17, 15) is 13.2 Å². The Kier molecular flexibility index (Phi) is 5.04. The summed E-state index contributed by atoms with van der Waals surface area (Å²) in [5, 5.41) is 9.03. The normalized spacial score (nSPS) is 16.2. The van der Waals surface area contributed by atoms with Gasteiger partial charge in [0.15, 0.2) is 10.7 Å². The van der Waals surface area contributed by atoms with E-state index in [1.54, 1.807) is 33.9 Å². The number of H-pyrrole nitrogens is 1. The molecule has 11 heteroatoms. The zero-order valence-electron chi connectivity index (χ0n) is 15.3. The number of aromatic nitrogens is 4. The smallest absolute Gasteiger partial charge is 0.274 e. The van der Waals surface area contributed by atoms with Crippen LogP contribution in [0.1, 0.15) is 16.9 Å². The third-order valence-electron chi connectivity index (χ3n) is 4.61. The van der Waals surface area contributed by atoms with Crippen LogP contribution in [0.3, 0.4) is 0 Å². The molecule has 9 nitrogen and oxygen atoms in total. The number of rotatable bonds is 4. The van der Waals surface area contributed by atoms with Crippen molar-refractivity contribution in [2.24, 2.45) is 7.05 Å². The highest BCUT2D eigenvalue weighted by molar-refractivity contribution is 7.89. The van der Waals surface area contributed by atoms with Crippen molar-refractivity contribution in [2.75, 3.05) is 26.2 Å². The minimum atomic E-state index is -3.66. The fraction of sp³-hybridized carbons (Fsp3) is 0.353. The van der Waals surface area contributed by atoms with E-state index in [1.165, 1.54) is 16.8 Å². The van der Waals surface area contributed by atoms with E-state index in [4.69, 9.17) is 0 Å². The van der Waals surface area contributed by atoms with Crippen LogP contribution in [0, 0.1) is 0 Å². The Morgan fingerprint density at radius 2 is 2.11 bits per heavy atom. The van der Waals surface area contributed by atoms with Crippen LogP contribution in [-0.2, 0) is 17.1 Å². The Labute approximate surface area is 166 Å². The molecule has 4 rings (SSSR count). The SMILES string of the molecule is Cn1cnc(S(=O)(=O)N2CCCN(C(=O)c3cc(-c4cccs4)[nH]n3)CC2)c1. The van der Waals surface area contributed by atoms with Crippen LogP contribution >= 0.6 is 11.3 Å². The predicted molar refractivity (Wildman–Crippen MR) is 104 cm³/mol. The summed E-state index contributed by atoms with van der Waals surface area (Å²) >= 11 is 1.57. The molecule has 1 fully saturated rings. The van der Waals surface area contributed by atoms with Gasteiger partial charge in [-0.1, -0.05) is 6.07 Å². The van der Waals surface area contributed by atoms with Gasteiger partial charge in [0.1, 0.15) is 0 Å². The lowest BCUT2D eigenvalue weighted by atomic mass is 10.3. The van der Waals surface area contributed by atoms with Gasteiger partial charge in [0.25, 0.3) is 15.9 Å². The number of aryl methyl sites for hydroxylation is 1. The van der Waals surface area contributed by atoms with E-state index < -0.39 is 10.0 Å². The van der Waals surface area contributed by atoms with E-state index in [1.807, 2.05) is 17.5 Å². The number of aromatic amines is 1. The maximum Gasteiger partial charge on any atom is 0.274 e. The minimum absolute atomic E-state index is 0.0302. The van der Waals surface area contributed by atoms with Gasteiger partial charge >= 0.3 is 0 Å². The molecule has 0 aliphatic carbocycles. The van der Waals surface area contributed by atoms with Crippen molar-refractivity contribution in [3.05, 3.63) is 41.8 Å². The number of nitrogens with one attached hydrogen (secondary N) is 1. The molecule has 4 heterocycles. The second-order valence-electron chi connectivity index (χ2n) is 6.57. The van der Waals surface area contributed by atoms with Gasteiger partial charge in [-0.25, -0.2) is 13.4 Å². The summed E-state index contributed by atoms with van der Waals surface area (Å²) < 4.78 is 28.5. The first-order valence-corrected chi connectivity index (χ1v) is 11.1. The maximum atomic E-state index is 12.8. The summed E-state index contributed by atoms with van der Waals surface area (Å²) in [7, 11) is -1.94. The average molecular weight is 421 g/mol. The molecule has 148 valence electrons. The lowest BCUT2D eigenvalue weighted by Crippen LogP contribution is -2.37. The molecule has 0 radical (unpaired) electrons. The molecule has 1 saturated heterocycles. The molecule has 3 aromatic heterocycles. The highest BCUT2D eigenvalue weighted by Gasteiger charge is 2.30. The zero-order valence-corrected chi connectivity index (χ0v) is 16.9. The van der Waals surface area contributed by atoms with Crippen molar-refractivity contribution >= 4 is 27.3 Å². The van der Waals surface area contributed by atoms with E-state index in [0.29, 0.717) is 31.7 Å². The molecule has 1 aliphatic rings. The minimum Gasteiger partial charge on any atom is -0.339 e. The molecule has 3 aromatic rings. The topological polar surface area (TPSA) is 104 Å². The first kappa shape index (κ1) is 18.8. The molecule has 0 atom stereocenters. The first-order valence-electron chi connectivity index (χ1n) is 8.82.